The number of hydrogen-bond acceptors (Lipinski definition) is 4. The lowest BCUT2D eigenvalue weighted by Gasteiger charge is -2.12. The first-order valence-corrected chi connectivity index (χ1v) is 6.81. The van der Waals surface area contributed by atoms with Crippen molar-refractivity contribution >= 4 is 0 Å². The molecule has 0 amide bonds. The molecule has 0 aromatic carbocycles. The predicted molar refractivity (Wildman–Crippen MR) is 79.2 cm³/mol. The van der Waals surface area contributed by atoms with Crippen LogP contribution < -0.4 is 5.32 Å². The van der Waals surface area contributed by atoms with Gasteiger partial charge in [-0.2, -0.15) is 5.10 Å². The largest absolute Gasteiger partial charge is 0.310 e. The number of rotatable bonds is 7. The van der Waals surface area contributed by atoms with Gasteiger partial charge in [0, 0.05) is 49.4 Å². The minimum atomic E-state index is 0.342. The summed E-state index contributed by atoms with van der Waals surface area (Å²) in [7, 11) is 0. The average molecular weight is 271 g/mol. The molecule has 0 bridgehead atoms. The van der Waals surface area contributed by atoms with Gasteiger partial charge in [0.1, 0.15) is 0 Å². The highest BCUT2D eigenvalue weighted by Crippen LogP contribution is 2.06. The third-order valence-electron chi connectivity index (χ3n) is 3.14. The maximum absolute atomic E-state index is 4.45. The van der Waals surface area contributed by atoms with Crippen molar-refractivity contribution < 1.29 is 0 Å². The molecule has 5 heteroatoms. The van der Waals surface area contributed by atoms with E-state index in [1.807, 2.05) is 23.9 Å². The summed E-state index contributed by atoms with van der Waals surface area (Å²) in [6.45, 7) is 9.47. The van der Waals surface area contributed by atoms with Gasteiger partial charge < -0.3 is 5.32 Å². The van der Waals surface area contributed by atoms with Gasteiger partial charge in [-0.05, 0) is 13.8 Å². The molecule has 2 aromatic heterocycles. The van der Waals surface area contributed by atoms with Crippen LogP contribution in [0, 0.1) is 6.92 Å². The average Bonchev–Trinajstić information content (AvgIpc) is 2.78. The Balaban J connectivity index is 1.86. The Hall–Kier alpha value is -2.01. The first-order valence-electron chi connectivity index (χ1n) is 6.81. The van der Waals surface area contributed by atoms with Gasteiger partial charge in [-0.15, -0.1) is 6.58 Å². The maximum Gasteiger partial charge on any atom is 0.0638 e. The van der Waals surface area contributed by atoms with E-state index in [1.165, 1.54) is 5.56 Å². The fourth-order valence-electron chi connectivity index (χ4n) is 2.06. The molecule has 0 unspecified atom stereocenters. The van der Waals surface area contributed by atoms with Crippen molar-refractivity contribution in [1.82, 2.24) is 25.1 Å². The SMILES string of the molecule is C=CCn1cc(CN[C@@H](C)Cc2cnccn2)c(C)n1. The maximum atomic E-state index is 4.45. The third kappa shape index (κ3) is 3.99. The van der Waals surface area contributed by atoms with Crippen LogP contribution in [-0.2, 0) is 19.5 Å². The first-order chi connectivity index (χ1) is 9.69. The highest BCUT2D eigenvalue weighted by Gasteiger charge is 2.08. The summed E-state index contributed by atoms with van der Waals surface area (Å²) in [6, 6.07) is 0.342. The molecule has 2 rings (SSSR count). The highest BCUT2D eigenvalue weighted by atomic mass is 15.3. The molecule has 0 fully saturated rings. The minimum absolute atomic E-state index is 0.342. The van der Waals surface area contributed by atoms with Gasteiger partial charge in [-0.1, -0.05) is 6.08 Å². The highest BCUT2D eigenvalue weighted by molar-refractivity contribution is 5.15. The van der Waals surface area contributed by atoms with Crippen molar-refractivity contribution in [2.24, 2.45) is 0 Å². The number of aryl methyl sites for hydroxylation is 1. The molecule has 2 heterocycles. The molecule has 106 valence electrons. The third-order valence-corrected chi connectivity index (χ3v) is 3.14. The molecule has 0 aliphatic rings. The second-order valence-corrected chi connectivity index (χ2v) is 4.93. The van der Waals surface area contributed by atoms with Gasteiger partial charge in [0.2, 0.25) is 0 Å². The van der Waals surface area contributed by atoms with E-state index < -0.39 is 0 Å². The number of hydrogen-bond donors (Lipinski definition) is 1. The Bertz CT molecular complexity index is 547. The van der Waals surface area contributed by atoms with Crippen molar-refractivity contribution in [3.63, 3.8) is 0 Å². The Morgan fingerprint density at radius 1 is 1.45 bits per heavy atom. The summed E-state index contributed by atoms with van der Waals surface area (Å²) in [6.07, 6.45) is 10.0. The summed E-state index contributed by atoms with van der Waals surface area (Å²) in [5, 5.41) is 7.94. The van der Waals surface area contributed by atoms with Crippen LogP contribution in [0.1, 0.15) is 23.9 Å². The van der Waals surface area contributed by atoms with Crippen LogP contribution in [0.15, 0.2) is 37.4 Å². The topological polar surface area (TPSA) is 55.6 Å². The van der Waals surface area contributed by atoms with E-state index in [-0.39, 0.29) is 0 Å². The molecule has 1 N–H and O–H groups in total. The summed E-state index contributed by atoms with van der Waals surface area (Å²) >= 11 is 0. The lowest BCUT2D eigenvalue weighted by molar-refractivity contribution is 0.538. The fourth-order valence-corrected chi connectivity index (χ4v) is 2.06. The Kier molecular flexibility index (Phi) is 5.01. The number of allylic oxidation sites excluding steroid dienone is 1. The van der Waals surface area contributed by atoms with Crippen LogP contribution in [-0.4, -0.2) is 25.8 Å². The minimum Gasteiger partial charge on any atom is -0.310 e. The summed E-state index contributed by atoms with van der Waals surface area (Å²) < 4.78 is 1.91. The summed E-state index contributed by atoms with van der Waals surface area (Å²) in [5.74, 6) is 0. The van der Waals surface area contributed by atoms with Crippen LogP contribution in [0.3, 0.4) is 0 Å². The zero-order valence-electron chi connectivity index (χ0n) is 12.1. The van der Waals surface area contributed by atoms with Gasteiger partial charge in [-0.25, -0.2) is 0 Å². The normalized spacial score (nSPS) is 12.3. The van der Waals surface area contributed by atoms with E-state index in [0.717, 1.165) is 30.9 Å². The number of nitrogens with one attached hydrogen (secondary N) is 1. The molecule has 0 spiro atoms. The quantitative estimate of drug-likeness (QED) is 0.781. The molecule has 0 aliphatic carbocycles. The Morgan fingerprint density at radius 3 is 3.00 bits per heavy atom. The van der Waals surface area contributed by atoms with E-state index in [1.54, 1.807) is 12.4 Å². The summed E-state index contributed by atoms with van der Waals surface area (Å²) in [5.41, 5.74) is 3.29. The molecule has 1 atom stereocenters. The molecule has 0 saturated carbocycles. The van der Waals surface area contributed by atoms with Crippen molar-refractivity contribution in [1.29, 1.82) is 0 Å². The van der Waals surface area contributed by atoms with Crippen molar-refractivity contribution in [3.05, 3.63) is 54.4 Å². The lowest BCUT2D eigenvalue weighted by atomic mass is 10.1. The van der Waals surface area contributed by atoms with Crippen LogP contribution in [0.4, 0.5) is 0 Å². The molecular weight excluding hydrogens is 250 g/mol. The molecule has 5 nitrogen and oxygen atoms in total. The van der Waals surface area contributed by atoms with E-state index in [2.05, 4.69) is 40.1 Å². The van der Waals surface area contributed by atoms with Gasteiger partial charge in [0.25, 0.3) is 0 Å². The monoisotopic (exact) mass is 271 g/mol. The van der Waals surface area contributed by atoms with Crippen LogP contribution in [0.25, 0.3) is 0 Å². The van der Waals surface area contributed by atoms with E-state index >= 15 is 0 Å². The Morgan fingerprint density at radius 2 is 2.30 bits per heavy atom. The molecule has 0 aliphatic heterocycles. The van der Waals surface area contributed by atoms with Gasteiger partial charge in [0.15, 0.2) is 0 Å². The molecule has 0 saturated heterocycles. The molecular formula is C15H21N5. The fraction of sp³-hybridized carbons (Fsp3) is 0.400. The zero-order chi connectivity index (χ0) is 14.4. The van der Waals surface area contributed by atoms with Crippen molar-refractivity contribution in [2.75, 3.05) is 0 Å². The number of aromatic nitrogens is 4. The van der Waals surface area contributed by atoms with Crippen LogP contribution in [0.5, 0.6) is 0 Å². The lowest BCUT2D eigenvalue weighted by Crippen LogP contribution is -2.28. The van der Waals surface area contributed by atoms with Gasteiger partial charge >= 0.3 is 0 Å². The molecule has 20 heavy (non-hydrogen) atoms. The molecule has 0 radical (unpaired) electrons. The Labute approximate surface area is 119 Å². The van der Waals surface area contributed by atoms with Gasteiger partial charge in [0.05, 0.1) is 17.9 Å². The van der Waals surface area contributed by atoms with E-state index in [9.17, 15) is 0 Å². The van der Waals surface area contributed by atoms with Crippen LogP contribution >= 0.6 is 0 Å². The predicted octanol–water partition coefficient (Wildman–Crippen LogP) is 1.89. The van der Waals surface area contributed by atoms with Crippen LogP contribution in [0.2, 0.25) is 0 Å². The zero-order valence-corrected chi connectivity index (χ0v) is 12.1. The second kappa shape index (κ2) is 6.96. The van der Waals surface area contributed by atoms with E-state index in [0.29, 0.717) is 6.04 Å². The number of nitrogens with zero attached hydrogens (tertiary/aromatic N) is 4. The van der Waals surface area contributed by atoms with Crippen molar-refractivity contribution in [2.45, 2.75) is 39.4 Å². The smallest absolute Gasteiger partial charge is 0.0638 e. The first kappa shape index (κ1) is 14.4. The van der Waals surface area contributed by atoms with Gasteiger partial charge in [-0.3, -0.25) is 14.6 Å². The van der Waals surface area contributed by atoms with E-state index in [4.69, 9.17) is 0 Å². The molecule has 2 aromatic rings. The summed E-state index contributed by atoms with van der Waals surface area (Å²) in [4.78, 5) is 8.37. The van der Waals surface area contributed by atoms with Crippen molar-refractivity contribution in [3.8, 4) is 0 Å². The second-order valence-electron chi connectivity index (χ2n) is 4.93. The standard InChI is InChI=1S/C15H21N5/c1-4-7-20-11-14(13(3)19-20)9-18-12(2)8-15-10-16-5-6-17-15/h4-6,10-12,18H,1,7-9H2,2-3H3/t12-/m0/s1.